The van der Waals surface area contributed by atoms with Crippen LogP contribution in [0.4, 0.5) is 4.39 Å². The number of carbonyl (C=O) groups excluding carboxylic acids is 1. The predicted molar refractivity (Wildman–Crippen MR) is 37.3 cm³/mol. The van der Waals surface area contributed by atoms with Gasteiger partial charge in [0.15, 0.2) is 0 Å². The molecule has 0 spiro atoms. The van der Waals surface area contributed by atoms with Gasteiger partial charge in [-0.3, -0.25) is 4.79 Å². The zero-order valence-corrected chi connectivity index (χ0v) is 6.28. The van der Waals surface area contributed by atoms with Gasteiger partial charge in [-0.25, -0.2) is 4.39 Å². The zero-order valence-electron chi connectivity index (χ0n) is 6.28. The van der Waals surface area contributed by atoms with Crippen molar-refractivity contribution in [2.45, 2.75) is 19.5 Å². The summed E-state index contributed by atoms with van der Waals surface area (Å²) in [6, 6.07) is 0. The van der Waals surface area contributed by atoms with Crippen LogP contribution in [0.5, 0.6) is 0 Å². The van der Waals surface area contributed by atoms with Gasteiger partial charge in [0.25, 0.3) is 0 Å². The summed E-state index contributed by atoms with van der Waals surface area (Å²) in [5.41, 5.74) is 3.61. The van der Waals surface area contributed by atoms with Crippen LogP contribution in [-0.4, -0.2) is 24.7 Å². The quantitative estimate of drug-likeness (QED) is 0.582. The molecule has 0 saturated heterocycles. The van der Waals surface area contributed by atoms with Crippen LogP contribution in [0.15, 0.2) is 0 Å². The van der Waals surface area contributed by atoms with Gasteiger partial charge in [-0.2, -0.15) is 0 Å². The van der Waals surface area contributed by atoms with Crippen LogP contribution in [0.1, 0.15) is 13.8 Å². The lowest BCUT2D eigenvalue weighted by atomic mass is 10.2. The molecule has 0 radical (unpaired) electrons. The lowest BCUT2D eigenvalue weighted by Crippen LogP contribution is -2.38. The Balaban J connectivity index is 3.46. The van der Waals surface area contributed by atoms with Crippen molar-refractivity contribution in [3.8, 4) is 0 Å². The fourth-order valence-corrected chi connectivity index (χ4v) is 0.381. The lowest BCUT2D eigenvalue weighted by molar-refractivity contribution is -0.120. The first-order chi connectivity index (χ1) is 4.45. The third-order valence-corrected chi connectivity index (χ3v) is 0.891. The smallest absolute Gasteiger partial charge is 0.233 e. The van der Waals surface area contributed by atoms with Crippen LogP contribution in [0.25, 0.3) is 0 Å². The maximum atomic E-state index is 12.6. The van der Waals surface area contributed by atoms with Crippen molar-refractivity contribution in [3.63, 3.8) is 0 Å². The standard InChI is InChI=1S/C6H13FN2O/c1-6(2,7)4-9-5(10)3-8/h3-4,8H2,1-2H3,(H,9,10). The van der Waals surface area contributed by atoms with Gasteiger partial charge in [0, 0.05) is 0 Å². The molecular weight excluding hydrogens is 135 g/mol. The third kappa shape index (κ3) is 5.50. The summed E-state index contributed by atoms with van der Waals surface area (Å²) in [7, 11) is 0. The number of halogens is 1. The Labute approximate surface area is 59.8 Å². The molecule has 1 amide bonds. The first-order valence-electron chi connectivity index (χ1n) is 3.11. The Kier molecular flexibility index (Phi) is 3.28. The largest absolute Gasteiger partial charge is 0.352 e. The molecule has 0 aliphatic rings. The topological polar surface area (TPSA) is 55.1 Å². The molecule has 4 heteroatoms. The van der Waals surface area contributed by atoms with E-state index in [1.54, 1.807) is 0 Å². The van der Waals surface area contributed by atoms with E-state index in [4.69, 9.17) is 5.73 Å². The Bertz CT molecular complexity index is 119. The molecule has 0 aliphatic heterocycles. The van der Waals surface area contributed by atoms with Crippen molar-refractivity contribution in [2.75, 3.05) is 13.1 Å². The van der Waals surface area contributed by atoms with Gasteiger partial charge in [-0.05, 0) is 13.8 Å². The average Bonchev–Trinajstić information content (AvgIpc) is 1.81. The molecule has 3 nitrogen and oxygen atoms in total. The van der Waals surface area contributed by atoms with Gasteiger partial charge in [0.05, 0.1) is 13.1 Å². The molecule has 0 unspecified atom stereocenters. The highest BCUT2D eigenvalue weighted by Gasteiger charge is 2.15. The van der Waals surface area contributed by atoms with Crippen LogP contribution in [0.2, 0.25) is 0 Å². The minimum atomic E-state index is -1.36. The summed E-state index contributed by atoms with van der Waals surface area (Å²) in [4.78, 5) is 10.5. The molecule has 0 heterocycles. The number of nitrogens with one attached hydrogen (secondary N) is 1. The summed E-state index contributed by atoms with van der Waals surface area (Å²) in [5.74, 6) is -0.328. The summed E-state index contributed by atoms with van der Waals surface area (Å²) >= 11 is 0. The van der Waals surface area contributed by atoms with Gasteiger partial charge >= 0.3 is 0 Å². The fraction of sp³-hybridized carbons (Fsp3) is 0.833. The number of hydrogen-bond donors (Lipinski definition) is 2. The van der Waals surface area contributed by atoms with Crippen LogP contribution < -0.4 is 11.1 Å². The van der Waals surface area contributed by atoms with E-state index in [-0.39, 0.29) is 19.0 Å². The van der Waals surface area contributed by atoms with Gasteiger partial charge in [-0.1, -0.05) is 0 Å². The maximum Gasteiger partial charge on any atom is 0.233 e. The van der Waals surface area contributed by atoms with E-state index in [0.29, 0.717) is 0 Å². The molecule has 0 aliphatic carbocycles. The second kappa shape index (κ2) is 3.51. The van der Waals surface area contributed by atoms with E-state index in [9.17, 15) is 9.18 Å². The van der Waals surface area contributed by atoms with E-state index in [1.165, 1.54) is 13.8 Å². The Hall–Kier alpha value is -0.640. The number of nitrogens with two attached hydrogens (primary N) is 1. The second-order valence-corrected chi connectivity index (χ2v) is 2.70. The van der Waals surface area contributed by atoms with E-state index >= 15 is 0 Å². The monoisotopic (exact) mass is 148 g/mol. The molecule has 0 fully saturated rings. The Morgan fingerprint density at radius 3 is 2.50 bits per heavy atom. The molecule has 0 aromatic carbocycles. The van der Waals surface area contributed by atoms with E-state index < -0.39 is 5.67 Å². The van der Waals surface area contributed by atoms with E-state index in [2.05, 4.69) is 5.32 Å². The molecule has 0 bridgehead atoms. The lowest BCUT2D eigenvalue weighted by Gasteiger charge is -2.13. The molecule has 3 N–H and O–H groups in total. The predicted octanol–water partition coefficient (Wildman–Crippen LogP) is -0.191. The van der Waals surface area contributed by atoms with Crippen LogP contribution in [-0.2, 0) is 4.79 Å². The van der Waals surface area contributed by atoms with Crippen LogP contribution >= 0.6 is 0 Å². The minimum Gasteiger partial charge on any atom is -0.352 e. The fourth-order valence-electron chi connectivity index (χ4n) is 0.381. The highest BCUT2D eigenvalue weighted by atomic mass is 19.1. The van der Waals surface area contributed by atoms with E-state index in [1.807, 2.05) is 0 Å². The van der Waals surface area contributed by atoms with Gasteiger partial charge in [-0.15, -0.1) is 0 Å². The summed E-state index contributed by atoms with van der Waals surface area (Å²) in [5, 5.41) is 2.33. The van der Waals surface area contributed by atoms with Crippen LogP contribution in [0, 0.1) is 0 Å². The number of rotatable bonds is 3. The Morgan fingerprint density at radius 2 is 2.20 bits per heavy atom. The van der Waals surface area contributed by atoms with Crippen molar-refractivity contribution in [1.82, 2.24) is 5.32 Å². The number of alkyl halides is 1. The second-order valence-electron chi connectivity index (χ2n) is 2.70. The molecule has 0 rings (SSSR count). The van der Waals surface area contributed by atoms with Crippen molar-refractivity contribution in [3.05, 3.63) is 0 Å². The Morgan fingerprint density at radius 1 is 1.70 bits per heavy atom. The molecule has 60 valence electrons. The molecular formula is C6H13FN2O. The number of hydrogen-bond acceptors (Lipinski definition) is 2. The molecule has 10 heavy (non-hydrogen) atoms. The van der Waals surface area contributed by atoms with Crippen LogP contribution in [0.3, 0.4) is 0 Å². The number of carbonyl (C=O) groups is 1. The summed E-state index contributed by atoms with van der Waals surface area (Å²) < 4.78 is 12.6. The third-order valence-electron chi connectivity index (χ3n) is 0.891. The first-order valence-corrected chi connectivity index (χ1v) is 3.11. The molecule has 0 atom stereocenters. The molecule has 0 aromatic heterocycles. The maximum absolute atomic E-state index is 12.6. The van der Waals surface area contributed by atoms with Crippen molar-refractivity contribution in [2.24, 2.45) is 5.73 Å². The summed E-state index contributed by atoms with van der Waals surface area (Å²) in [6.07, 6.45) is 0. The highest BCUT2D eigenvalue weighted by Crippen LogP contribution is 2.04. The average molecular weight is 148 g/mol. The van der Waals surface area contributed by atoms with Gasteiger partial charge in [0.2, 0.25) is 5.91 Å². The van der Waals surface area contributed by atoms with Gasteiger partial charge in [0.1, 0.15) is 5.67 Å². The van der Waals surface area contributed by atoms with Crippen molar-refractivity contribution in [1.29, 1.82) is 0 Å². The molecule has 0 aromatic rings. The SMILES string of the molecule is CC(C)(F)CNC(=O)CN. The minimum absolute atomic E-state index is 0.0169. The zero-order chi connectivity index (χ0) is 8.20. The van der Waals surface area contributed by atoms with Crippen molar-refractivity contribution >= 4 is 5.91 Å². The van der Waals surface area contributed by atoms with Gasteiger partial charge < -0.3 is 11.1 Å². The normalized spacial score (nSPS) is 11.2. The van der Waals surface area contributed by atoms with E-state index in [0.717, 1.165) is 0 Å². The van der Waals surface area contributed by atoms with Crippen molar-refractivity contribution < 1.29 is 9.18 Å². The highest BCUT2D eigenvalue weighted by molar-refractivity contribution is 5.77. The first kappa shape index (κ1) is 9.36. The number of amides is 1. The summed E-state index contributed by atoms with van der Waals surface area (Å²) in [6.45, 7) is 2.71. The molecule has 0 saturated carbocycles.